The van der Waals surface area contributed by atoms with E-state index in [1.165, 1.54) is 18.0 Å². The first-order valence-electron chi connectivity index (χ1n) is 14.4. The molecular weight excluding hydrogens is 613 g/mol. The number of aromatic nitrogens is 3. The van der Waals surface area contributed by atoms with E-state index >= 15 is 0 Å². The van der Waals surface area contributed by atoms with E-state index in [4.69, 9.17) is 21.1 Å². The number of hydrogen-bond acceptors (Lipinski definition) is 6. The molecule has 0 spiro atoms. The zero-order chi connectivity index (χ0) is 31.6. The van der Waals surface area contributed by atoms with Crippen LogP contribution >= 0.6 is 23.5 Å². The van der Waals surface area contributed by atoms with Gasteiger partial charge in [-0.1, -0.05) is 17.7 Å². The summed E-state index contributed by atoms with van der Waals surface area (Å²) >= 11 is 7.68. The van der Waals surface area contributed by atoms with Crippen molar-refractivity contribution >= 4 is 40.7 Å². The summed E-state index contributed by atoms with van der Waals surface area (Å²) in [7, 11) is 0. The number of piperidine rings is 1. The first-order valence-corrected chi connectivity index (χ1v) is 15.5. The number of carbonyl (C=O) groups excluding carboxylic acids is 1. The van der Waals surface area contributed by atoms with Crippen molar-refractivity contribution in [3.05, 3.63) is 71.1 Å². The third-order valence-electron chi connectivity index (χ3n) is 7.32. The van der Waals surface area contributed by atoms with Gasteiger partial charge in [0.15, 0.2) is 5.65 Å². The van der Waals surface area contributed by atoms with E-state index in [-0.39, 0.29) is 35.2 Å². The van der Waals surface area contributed by atoms with E-state index in [9.17, 15) is 18.0 Å². The molecule has 1 aliphatic heterocycles. The largest absolute Gasteiger partial charge is 0.493 e. The Morgan fingerprint density at radius 2 is 1.75 bits per heavy atom. The lowest BCUT2D eigenvalue weighted by atomic mass is 9.94. The lowest BCUT2D eigenvalue weighted by Gasteiger charge is -2.33. The van der Waals surface area contributed by atoms with Crippen LogP contribution in [-0.2, 0) is 10.9 Å². The lowest BCUT2D eigenvalue weighted by Crippen LogP contribution is -2.41. The van der Waals surface area contributed by atoms with Crippen molar-refractivity contribution in [3.63, 3.8) is 0 Å². The Morgan fingerprint density at radius 1 is 1.05 bits per heavy atom. The Bertz CT molecular complexity index is 1630. The van der Waals surface area contributed by atoms with Crippen LogP contribution in [0.25, 0.3) is 22.3 Å². The van der Waals surface area contributed by atoms with Crippen LogP contribution < -0.4 is 4.74 Å². The number of fused-ring (bicyclic) bond motifs is 1. The molecule has 0 atom stereocenters. The second-order valence-electron chi connectivity index (χ2n) is 11.9. The number of hydrogen-bond donors (Lipinski definition) is 0. The minimum Gasteiger partial charge on any atom is -0.493 e. The number of halogens is 4. The minimum absolute atomic E-state index is 0.0662. The SMILES string of the molecule is Cc1ccc(Sn2ccc3c(-c4ccc(OCCC5CCN(C(=O)OC(C)(C)C)CC5)c(C(F)(F)F)c4)nc(Cl)nc32)cc1. The Kier molecular flexibility index (Phi) is 9.36. The quantitative estimate of drug-likeness (QED) is 0.187. The van der Waals surface area contributed by atoms with E-state index in [1.54, 1.807) is 23.2 Å². The number of carbonyl (C=O) groups is 1. The molecule has 0 aliphatic carbocycles. The van der Waals surface area contributed by atoms with Crippen LogP contribution in [0.3, 0.4) is 0 Å². The average molecular weight is 647 g/mol. The summed E-state index contributed by atoms with van der Waals surface area (Å²) in [5, 5.41) is 0.511. The van der Waals surface area contributed by atoms with Crippen LogP contribution in [0, 0.1) is 12.8 Å². The van der Waals surface area contributed by atoms with Crippen molar-refractivity contribution in [2.24, 2.45) is 5.92 Å². The number of aryl methyl sites for hydroxylation is 1. The molecule has 0 saturated carbocycles. The molecule has 4 aromatic rings. The van der Waals surface area contributed by atoms with E-state index in [0.717, 1.165) is 29.4 Å². The summed E-state index contributed by atoms with van der Waals surface area (Å²) in [6, 6.07) is 13.7. The maximum Gasteiger partial charge on any atom is 0.419 e. The maximum absolute atomic E-state index is 14.2. The molecule has 3 heterocycles. The highest BCUT2D eigenvalue weighted by molar-refractivity contribution is 7.98. The smallest absolute Gasteiger partial charge is 0.419 e. The fraction of sp³-hybridized carbons (Fsp3) is 0.406. The van der Waals surface area contributed by atoms with Gasteiger partial charge in [0, 0.05) is 35.1 Å². The second kappa shape index (κ2) is 12.9. The normalized spacial score (nSPS) is 14.7. The van der Waals surface area contributed by atoms with Gasteiger partial charge in [-0.15, -0.1) is 0 Å². The van der Waals surface area contributed by atoms with Crippen LogP contribution in [0.2, 0.25) is 5.28 Å². The molecule has 44 heavy (non-hydrogen) atoms. The van der Waals surface area contributed by atoms with Crippen LogP contribution in [0.5, 0.6) is 5.75 Å². The molecule has 0 unspecified atom stereocenters. The highest BCUT2D eigenvalue weighted by Gasteiger charge is 2.35. The number of nitrogens with zero attached hydrogens (tertiary/aromatic N) is 4. The Hall–Kier alpha value is -3.44. The number of benzene rings is 2. The standard InChI is InChI=1S/C32H34ClF3N4O3S/c1-20-5-8-23(9-6-20)44-40-17-13-24-27(37-29(33)38-28(24)40)22-7-10-26(25(19-22)32(34,35)36)42-18-14-21-11-15-39(16-12-21)30(41)43-31(2,3)4/h5-10,13,17,19,21H,11-12,14-16,18H2,1-4H3. The van der Waals surface area contributed by atoms with E-state index in [1.807, 2.05) is 55.9 Å². The molecule has 5 rings (SSSR count). The number of rotatable bonds is 7. The Morgan fingerprint density at radius 3 is 2.41 bits per heavy atom. The molecule has 1 aliphatic rings. The van der Waals surface area contributed by atoms with E-state index in [0.29, 0.717) is 36.2 Å². The molecule has 234 valence electrons. The fourth-order valence-corrected chi connectivity index (χ4v) is 6.06. The van der Waals surface area contributed by atoms with Crippen molar-refractivity contribution in [2.45, 2.75) is 63.6 Å². The summed E-state index contributed by atoms with van der Waals surface area (Å²) in [4.78, 5) is 23.6. The van der Waals surface area contributed by atoms with Crippen LogP contribution in [0.15, 0.2) is 59.6 Å². The van der Waals surface area contributed by atoms with Crippen molar-refractivity contribution in [2.75, 3.05) is 19.7 Å². The summed E-state index contributed by atoms with van der Waals surface area (Å²) in [5.74, 6) is -0.00288. The first-order chi connectivity index (χ1) is 20.8. The predicted molar refractivity (Wildman–Crippen MR) is 166 cm³/mol. The van der Waals surface area contributed by atoms with Gasteiger partial charge in [0.2, 0.25) is 5.28 Å². The summed E-state index contributed by atoms with van der Waals surface area (Å²) in [6.07, 6.45) is -1.14. The second-order valence-corrected chi connectivity index (χ2v) is 13.3. The van der Waals surface area contributed by atoms with Gasteiger partial charge in [-0.25, -0.2) is 9.78 Å². The summed E-state index contributed by atoms with van der Waals surface area (Å²) < 4.78 is 55.7. The predicted octanol–water partition coefficient (Wildman–Crippen LogP) is 9.05. The van der Waals surface area contributed by atoms with Crippen LogP contribution in [0.1, 0.15) is 51.2 Å². The lowest BCUT2D eigenvalue weighted by molar-refractivity contribution is -0.138. The van der Waals surface area contributed by atoms with E-state index < -0.39 is 17.3 Å². The third-order valence-corrected chi connectivity index (χ3v) is 8.46. The molecule has 1 saturated heterocycles. The van der Waals surface area contributed by atoms with Crippen molar-refractivity contribution in [1.82, 2.24) is 18.8 Å². The van der Waals surface area contributed by atoms with Gasteiger partial charge >= 0.3 is 12.3 Å². The third kappa shape index (κ3) is 7.79. The molecule has 7 nitrogen and oxygen atoms in total. The highest BCUT2D eigenvalue weighted by Crippen LogP contribution is 2.40. The zero-order valence-electron chi connectivity index (χ0n) is 24.9. The van der Waals surface area contributed by atoms with Gasteiger partial charge in [0.05, 0.1) is 17.9 Å². The van der Waals surface area contributed by atoms with Gasteiger partial charge in [-0.3, -0.25) is 3.97 Å². The average Bonchev–Trinajstić information content (AvgIpc) is 3.35. The monoisotopic (exact) mass is 646 g/mol. The van der Waals surface area contributed by atoms with Gasteiger partial charge < -0.3 is 14.4 Å². The Labute approximate surface area is 263 Å². The Balaban J connectivity index is 1.29. The van der Waals surface area contributed by atoms with Gasteiger partial charge in [-0.05, 0) is 113 Å². The van der Waals surface area contributed by atoms with Crippen molar-refractivity contribution in [3.8, 4) is 17.0 Å². The van der Waals surface area contributed by atoms with E-state index in [2.05, 4.69) is 9.97 Å². The minimum atomic E-state index is -4.65. The van der Waals surface area contributed by atoms with Gasteiger partial charge in [0.25, 0.3) is 0 Å². The molecule has 1 fully saturated rings. The van der Waals surface area contributed by atoms with Crippen LogP contribution in [0.4, 0.5) is 18.0 Å². The van der Waals surface area contributed by atoms with Crippen LogP contribution in [-0.4, -0.2) is 50.2 Å². The zero-order valence-corrected chi connectivity index (χ0v) is 26.5. The number of ether oxygens (including phenoxy) is 2. The molecule has 12 heteroatoms. The van der Waals surface area contributed by atoms with Crippen molar-refractivity contribution < 1.29 is 27.4 Å². The molecular formula is C32H34ClF3N4O3S. The molecule has 1 amide bonds. The molecule has 2 aromatic carbocycles. The highest BCUT2D eigenvalue weighted by atomic mass is 35.5. The number of amides is 1. The fourth-order valence-electron chi connectivity index (χ4n) is 5.06. The van der Waals surface area contributed by atoms with Gasteiger partial charge in [0.1, 0.15) is 11.4 Å². The molecule has 0 N–H and O–H groups in total. The number of likely N-dealkylation sites (tertiary alicyclic amines) is 1. The topological polar surface area (TPSA) is 69.5 Å². The molecule has 0 radical (unpaired) electrons. The van der Waals surface area contributed by atoms with Gasteiger partial charge in [-0.2, -0.15) is 18.2 Å². The number of alkyl halides is 3. The van der Waals surface area contributed by atoms with Crippen molar-refractivity contribution in [1.29, 1.82) is 0 Å². The summed E-state index contributed by atoms with van der Waals surface area (Å²) in [6.45, 7) is 8.69. The molecule has 0 bridgehead atoms. The molecule has 2 aromatic heterocycles. The first kappa shape index (κ1) is 32.0. The maximum atomic E-state index is 14.2. The summed E-state index contributed by atoms with van der Waals surface area (Å²) in [5.41, 5.74) is 0.741.